The minimum Gasteiger partial charge on any atom is -0.398 e. The summed E-state index contributed by atoms with van der Waals surface area (Å²) in [6, 6.07) is 4.81. The van der Waals surface area contributed by atoms with Crippen molar-refractivity contribution in [3.05, 3.63) is 22.7 Å². The van der Waals surface area contributed by atoms with Crippen LogP contribution in [0.4, 0.5) is 5.69 Å². The van der Waals surface area contributed by atoms with Crippen molar-refractivity contribution in [2.24, 2.45) is 0 Å². The second-order valence-corrected chi connectivity index (χ2v) is 7.39. The van der Waals surface area contributed by atoms with Crippen molar-refractivity contribution in [3.8, 4) is 12.3 Å². The summed E-state index contributed by atoms with van der Waals surface area (Å²) in [5, 5.41) is 0. The number of halogens is 1. The molecule has 1 aliphatic heterocycles. The zero-order chi connectivity index (χ0) is 14.8. The number of hydrogen-bond acceptors (Lipinski definition) is 4. The fourth-order valence-electron chi connectivity index (χ4n) is 2.15. The summed E-state index contributed by atoms with van der Waals surface area (Å²) in [5.74, 6) is 2.57. The van der Waals surface area contributed by atoms with Crippen molar-refractivity contribution in [2.45, 2.75) is 4.90 Å². The van der Waals surface area contributed by atoms with Crippen LogP contribution >= 0.6 is 15.9 Å². The van der Waals surface area contributed by atoms with Gasteiger partial charge in [0.25, 0.3) is 0 Å². The molecule has 1 aromatic carbocycles. The van der Waals surface area contributed by atoms with E-state index in [0.717, 1.165) is 4.47 Å². The molecule has 0 saturated carbocycles. The Morgan fingerprint density at radius 1 is 1.30 bits per heavy atom. The summed E-state index contributed by atoms with van der Waals surface area (Å²) in [4.78, 5) is 2.21. The van der Waals surface area contributed by atoms with Crippen LogP contribution in [0.3, 0.4) is 0 Å². The first-order valence-electron chi connectivity index (χ1n) is 6.16. The topological polar surface area (TPSA) is 66.6 Å². The lowest BCUT2D eigenvalue weighted by Gasteiger charge is -2.33. The van der Waals surface area contributed by atoms with Crippen molar-refractivity contribution in [1.82, 2.24) is 9.21 Å². The van der Waals surface area contributed by atoms with E-state index in [9.17, 15) is 8.42 Å². The average Bonchev–Trinajstić information content (AvgIpc) is 2.39. The first-order valence-corrected chi connectivity index (χ1v) is 8.39. The molecule has 1 fully saturated rings. The zero-order valence-corrected chi connectivity index (χ0v) is 13.3. The Hall–Kier alpha value is -1.07. The molecule has 108 valence electrons. The SMILES string of the molecule is C#CCN1CCN(S(=O)(=O)c2ccc(Br)cc2N)CC1. The van der Waals surface area contributed by atoms with E-state index in [1.165, 1.54) is 10.4 Å². The van der Waals surface area contributed by atoms with Gasteiger partial charge in [0.1, 0.15) is 4.90 Å². The molecule has 0 amide bonds. The lowest BCUT2D eigenvalue weighted by molar-refractivity contribution is 0.207. The van der Waals surface area contributed by atoms with E-state index < -0.39 is 10.0 Å². The van der Waals surface area contributed by atoms with Crippen LogP contribution in [0.5, 0.6) is 0 Å². The predicted molar refractivity (Wildman–Crippen MR) is 82.6 cm³/mol. The number of benzene rings is 1. The van der Waals surface area contributed by atoms with Crippen molar-refractivity contribution >= 4 is 31.6 Å². The van der Waals surface area contributed by atoms with Crippen LogP contribution in [-0.2, 0) is 10.0 Å². The maximum atomic E-state index is 12.6. The first-order chi connectivity index (χ1) is 9.45. The molecular weight excluding hydrogens is 342 g/mol. The highest BCUT2D eigenvalue weighted by atomic mass is 79.9. The number of nitrogens with two attached hydrogens (primary N) is 1. The molecule has 5 nitrogen and oxygen atoms in total. The van der Waals surface area contributed by atoms with Gasteiger partial charge in [-0.1, -0.05) is 21.9 Å². The van der Waals surface area contributed by atoms with Crippen molar-refractivity contribution in [2.75, 3.05) is 38.5 Å². The van der Waals surface area contributed by atoms with Gasteiger partial charge in [-0.05, 0) is 18.2 Å². The fraction of sp³-hybridized carbons (Fsp3) is 0.385. The van der Waals surface area contributed by atoms with E-state index in [1.54, 1.807) is 12.1 Å². The number of hydrogen-bond donors (Lipinski definition) is 1. The summed E-state index contributed by atoms with van der Waals surface area (Å²) in [6.45, 7) is 2.69. The molecule has 0 radical (unpaired) electrons. The maximum Gasteiger partial charge on any atom is 0.245 e. The third kappa shape index (κ3) is 3.15. The van der Waals surface area contributed by atoms with Crippen LogP contribution in [0.15, 0.2) is 27.6 Å². The monoisotopic (exact) mass is 357 g/mol. The molecule has 20 heavy (non-hydrogen) atoms. The maximum absolute atomic E-state index is 12.6. The van der Waals surface area contributed by atoms with Crippen LogP contribution in [0, 0.1) is 12.3 Å². The molecule has 0 bridgehead atoms. The molecular formula is C13H16BrN3O2S. The zero-order valence-electron chi connectivity index (χ0n) is 10.9. The standard InChI is InChI=1S/C13H16BrN3O2S/c1-2-5-16-6-8-17(9-7-16)20(18,19)13-4-3-11(14)10-12(13)15/h1,3-4,10H,5-9,15H2. The second-order valence-electron chi connectivity index (χ2n) is 4.57. The van der Waals surface area contributed by atoms with Crippen molar-refractivity contribution < 1.29 is 8.42 Å². The molecule has 0 aliphatic carbocycles. The number of nitrogens with zero attached hydrogens (tertiary/aromatic N) is 2. The molecule has 2 rings (SSSR count). The highest BCUT2D eigenvalue weighted by Crippen LogP contribution is 2.26. The molecule has 0 spiro atoms. The van der Waals surface area contributed by atoms with Gasteiger partial charge in [-0.2, -0.15) is 4.31 Å². The Morgan fingerprint density at radius 2 is 1.95 bits per heavy atom. The molecule has 1 aliphatic rings. The highest BCUT2D eigenvalue weighted by molar-refractivity contribution is 9.10. The Kier molecular flexibility index (Phi) is 4.70. The van der Waals surface area contributed by atoms with Gasteiger partial charge in [0.2, 0.25) is 10.0 Å². The Balaban J connectivity index is 2.18. The quantitative estimate of drug-likeness (QED) is 0.646. The summed E-state index contributed by atoms with van der Waals surface area (Å²) < 4.78 is 27.3. The smallest absolute Gasteiger partial charge is 0.245 e. The van der Waals surface area contributed by atoms with E-state index >= 15 is 0 Å². The molecule has 0 unspecified atom stereocenters. The highest BCUT2D eigenvalue weighted by Gasteiger charge is 2.29. The van der Waals surface area contributed by atoms with Gasteiger partial charge in [0, 0.05) is 30.7 Å². The van der Waals surface area contributed by atoms with E-state index in [1.807, 2.05) is 0 Å². The summed E-state index contributed by atoms with van der Waals surface area (Å²) in [7, 11) is -3.54. The largest absolute Gasteiger partial charge is 0.398 e. The van der Waals surface area contributed by atoms with Crippen molar-refractivity contribution in [3.63, 3.8) is 0 Å². The number of terminal acetylenes is 1. The van der Waals surface area contributed by atoms with Crippen LogP contribution in [-0.4, -0.2) is 50.3 Å². The fourth-order valence-corrected chi connectivity index (χ4v) is 4.05. The number of anilines is 1. The molecule has 7 heteroatoms. The second kappa shape index (κ2) is 6.14. The molecule has 1 heterocycles. The van der Waals surface area contributed by atoms with Crippen LogP contribution in [0.1, 0.15) is 0 Å². The predicted octanol–water partition coefficient (Wildman–Crippen LogP) is 0.971. The van der Waals surface area contributed by atoms with E-state index in [2.05, 4.69) is 26.8 Å². The van der Waals surface area contributed by atoms with E-state index in [4.69, 9.17) is 12.2 Å². The normalized spacial score (nSPS) is 17.8. The molecule has 2 N–H and O–H groups in total. The van der Waals surface area contributed by atoms with Crippen LogP contribution < -0.4 is 5.73 Å². The lowest BCUT2D eigenvalue weighted by Crippen LogP contribution is -2.48. The van der Waals surface area contributed by atoms with Crippen LogP contribution in [0.2, 0.25) is 0 Å². The number of nitrogen functional groups attached to an aromatic ring is 1. The van der Waals surface area contributed by atoms with Gasteiger partial charge in [-0.25, -0.2) is 8.42 Å². The van der Waals surface area contributed by atoms with Gasteiger partial charge in [0.05, 0.1) is 12.2 Å². The van der Waals surface area contributed by atoms with Gasteiger partial charge in [-0.15, -0.1) is 6.42 Å². The third-order valence-corrected chi connectivity index (χ3v) is 5.70. The number of rotatable bonds is 3. The Morgan fingerprint density at radius 3 is 2.50 bits per heavy atom. The Bertz CT molecular complexity index is 632. The first kappa shape index (κ1) is 15.3. The summed E-state index contributed by atoms with van der Waals surface area (Å²) in [6.07, 6.45) is 5.26. The van der Waals surface area contributed by atoms with Crippen LogP contribution in [0.25, 0.3) is 0 Å². The number of sulfonamides is 1. The average molecular weight is 358 g/mol. The Labute approximate surface area is 127 Å². The molecule has 1 aromatic rings. The molecule has 0 aromatic heterocycles. The summed E-state index contributed by atoms with van der Waals surface area (Å²) >= 11 is 3.27. The minimum atomic E-state index is -3.54. The van der Waals surface area contributed by atoms with E-state index in [-0.39, 0.29) is 10.6 Å². The van der Waals surface area contributed by atoms with Gasteiger partial charge in [-0.3, -0.25) is 4.90 Å². The minimum absolute atomic E-state index is 0.158. The van der Waals surface area contributed by atoms with Gasteiger partial charge >= 0.3 is 0 Å². The number of piperazine rings is 1. The molecule has 0 atom stereocenters. The van der Waals surface area contributed by atoms with Crippen molar-refractivity contribution in [1.29, 1.82) is 0 Å². The summed E-state index contributed by atoms with van der Waals surface area (Å²) in [5.41, 5.74) is 6.07. The van der Waals surface area contributed by atoms with E-state index in [0.29, 0.717) is 32.7 Å². The lowest BCUT2D eigenvalue weighted by atomic mass is 10.3. The third-order valence-electron chi connectivity index (χ3n) is 3.24. The van der Waals surface area contributed by atoms with Gasteiger partial charge in [0.15, 0.2) is 0 Å². The molecule has 1 saturated heterocycles. The van der Waals surface area contributed by atoms with Gasteiger partial charge < -0.3 is 5.73 Å².